The number of hydrogen-bond donors (Lipinski definition) is 0. The predicted molar refractivity (Wildman–Crippen MR) is 183 cm³/mol. The lowest BCUT2D eigenvalue weighted by Crippen LogP contribution is -2.54. The Balaban J connectivity index is 1.08. The van der Waals surface area contributed by atoms with E-state index in [1.807, 2.05) is 0 Å². The van der Waals surface area contributed by atoms with Crippen LogP contribution in [0.3, 0.4) is 0 Å². The third-order valence-corrected chi connectivity index (χ3v) is 14.0. The highest BCUT2D eigenvalue weighted by Crippen LogP contribution is 2.69. The van der Waals surface area contributed by atoms with Gasteiger partial charge in [-0.3, -0.25) is 0 Å². The fourth-order valence-electron chi connectivity index (χ4n) is 11.1. The quantitative estimate of drug-likeness (QED) is 0.105. The number of hydrogen-bond acceptors (Lipinski definition) is 0. The van der Waals surface area contributed by atoms with E-state index in [2.05, 4.69) is 40.7 Å². The van der Waals surface area contributed by atoms with Crippen molar-refractivity contribution in [3.05, 3.63) is 11.6 Å². The molecule has 4 aliphatic carbocycles. The van der Waals surface area contributed by atoms with E-state index in [1.165, 1.54) is 141 Å². The number of rotatable bonds is 19. The van der Waals surface area contributed by atoms with Gasteiger partial charge in [-0.2, -0.15) is 0 Å². The Morgan fingerprint density at radius 3 is 1.81 bits per heavy atom. The molecule has 0 spiro atoms. The maximum Gasteiger partial charge on any atom is 0.119 e. The van der Waals surface area contributed by atoms with Crippen LogP contribution in [0.5, 0.6) is 0 Å². The summed E-state index contributed by atoms with van der Waals surface area (Å²) in [4.78, 5) is 0. The van der Waals surface area contributed by atoms with Gasteiger partial charge in [0.1, 0.15) is 5.67 Å². The van der Waals surface area contributed by atoms with E-state index in [9.17, 15) is 0 Å². The maximum absolute atomic E-state index is 17.2. The molecule has 0 bridgehead atoms. The van der Waals surface area contributed by atoms with Crippen molar-refractivity contribution >= 4 is 0 Å². The average molecular weight is 585 g/mol. The lowest BCUT2D eigenvalue weighted by Gasteiger charge is -2.59. The summed E-state index contributed by atoms with van der Waals surface area (Å²) in [7, 11) is 0. The van der Waals surface area contributed by atoms with Crippen molar-refractivity contribution in [2.24, 2.45) is 40.4 Å². The summed E-state index contributed by atoms with van der Waals surface area (Å²) in [5.41, 5.74) is 1.16. The summed E-state index contributed by atoms with van der Waals surface area (Å²) >= 11 is 0. The Morgan fingerprint density at radius 1 is 0.714 bits per heavy atom. The van der Waals surface area contributed by atoms with Crippen molar-refractivity contribution in [2.75, 3.05) is 0 Å². The molecule has 0 radical (unpaired) electrons. The second-order valence-electron chi connectivity index (χ2n) is 16.8. The first kappa shape index (κ1) is 34.5. The third-order valence-electron chi connectivity index (χ3n) is 14.0. The van der Waals surface area contributed by atoms with Crippen molar-refractivity contribution in [3.8, 4) is 0 Å². The summed E-state index contributed by atoms with van der Waals surface area (Å²) in [6.07, 6.45) is 37.5. The van der Waals surface area contributed by atoms with Crippen molar-refractivity contribution < 1.29 is 4.39 Å². The van der Waals surface area contributed by atoms with Crippen molar-refractivity contribution in [3.63, 3.8) is 0 Å². The lowest BCUT2D eigenvalue weighted by atomic mass is 9.46. The number of allylic oxidation sites excluding steroid dienone is 2. The number of halogens is 1. The van der Waals surface area contributed by atoms with E-state index >= 15 is 4.39 Å². The number of alkyl halides is 1. The zero-order chi connectivity index (χ0) is 30.1. The first-order valence-corrected chi connectivity index (χ1v) is 19.6. The molecule has 4 rings (SSSR count). The van der Waals surface area contributed by atoms with E-state index in [-0.39, 0.29) is 11.3 Å². The van der Waals surface area contributed by atoms with Gasteiger partial charge < -0.3 is 0 Å². The van der Waals surface area contributed by atoms with Crippen LogP contribution in [0.15, 0.2) is 11.6 Å². The van der Waals surface area contributed by atoms with Gasteiger partial charge >= 0.3 is 0 Å². The van der Waals surface area contributed by atoms with Gasteiger partial charge in [0.15, 0.2) is 0 Å². The number of fused-ring (bicyclic) bond motifs is 5. The van der Waals surface area contributed by atoms with Crippen LogP contribution in [0, 0.1) is 40.4 Å². The zero-order valence-corrected chi connectivity index (χ0v) is 29.2. The van der Waals surface area contributed by atoms with Gasteiger partial charge in [0, 0.05) is 5.41 Å². The topological polar surface area (TPSA) is 0 Å². The molecule has 4 unspecified atom stereocenters. The van der Waals surface area contributed by atoms with E-state index in [1.54, 1.807) is 5.57 Å². The van der Waals surface area contributed by atoms with Gasteiger partial charge in [-0.15, -0.1) is 0 Å². The summed E-state index contributed by atoms with van der Waals surface area (Å²) in [5.74, 6) is 3.23. The van der Waals surface area contributed by atoms with E-state index in [4.69, 9.17) is 0 Å². The van der Waals surface area contributed by atoms with Crippen LogP contribution in [0.1, 0.15) is 202 Å². The summed E-state index contributed by atoms with van der Waals surface area (Å²) in [5, 5.41) is 0. The third kappa shape index (κ3) is 7.90. The van der Waals surface area contributed by atoms with Crippen molar-refractivity contribution in [2.45, 2.75) is 207 Å². The zero-order valence-electron chi connectivity index (χ0n) is 29.2. The van der Waals surface area contributed by atoms with E-state index < -0.39 is 5.67 Å². The van der Waals surface area contributed by atoms with Crippen LogP contribution >= 0.6 is 0 Å². The summed E-state index contributed by atoms with van der Waals surface area (Å²) < 4.78 is 17.2. The predicted octanol–water partition coefficient (Wildman–Crippen LogP) is 14.0. The molecule has 244 valence electrons. The minimum absolute atomic E-state index is 0.0914. The summed E-state index contributed by atoms with van der Waals surface area (Å²) in [6, 6.07) is 0. The largest absolute Gasteiger partial charge is 0.243 e. The Hall–Kier alpha value is -0.330. The first-order valence-electron chi connectivity index (χ1n) is 19.6. The van der Waals surface area contributed by atoms with Gasteiger partial charge in [0.25, 0.3) is 0 Å². The second kappa shape index (κ2) is 16.3. The smallest absolute Gasteiger partial charge is 0.119 e. The molecule has 0 aromatic carbocycles. The molecule has 42 heavy (non-hydrogen) atoms. The van der Waals surface area contributed by atoms with Crippen molar-refractivity contribution in [1.82, 2.24) is 0 Å². The fraction of sp³-hybridized carbons (Fsp3) is 0.951. The summed E-state index contributed by atoms with van der Waals surface area (Å²) in [6.45, 7) is 12.0. The van der Waals surface area contributed by atoms with Gasteiger partial charge in [-0.05, 0) is 92.8 Å². The molecular weight excluding hydrogens is 511 g/mol. The molecule has 3 fully saturated rings. The maximum atomic E-state index is 17.2. The molecule has 0 N–H and O–H groups in total. The van der Waals surface area contributed by atoms with Gasteiger partial charge in [-0.1, -0.05) is 155 Å². The highest BCUT2D eigenvalue weighted by Gasteiger charge is 2.65. The van der Waals surface area contributed by atoms with Crippen LogP contribution in [0.2, 0.25) is 0 Å². The molecule has 0 aliphatic heterocycles. The number of unbranched alkanes of at least 4 members (excludes halogenated alkanes) is 16. The first-order chi connectivity index (χ1) is 20.3. The SMILES string of the molecule is CCCCCCCCCCCCCCCCCCC[C@@H](C)[C@@]1(F)CC[C@H]2C3CC=C4CC(C)CCC4(C)[C@H]3CCC21C. The minimum Gasteiger partial charge on any atom is -0.243 e. The highest BCUT2D eigenvalue weighted by atomic mass is 19.1. The molecule has 1 heteroatoms. The molecule has 0 nitrogen and oxygen atoms in total. The Morgan fingerprint density at radius 2 is 1.24 bits per heavy atom. The van der Waals surface area contributed by atoms with Crippen LogP contribution in [-0.4, -0.2) is 5.67 Å². The molecule has 3 saturated carbocycles. The van der Waals surface area contributed by atoms with Crippen molar-refractivity contribution in [1.29, 1.82) is 0 Å². The van der Waals surface area contributed by atoms with E-state index in [0.29, 0.717) is 11.3 Å². The minimum atomic E-state index is -0.941. The van der Waals surface area contributed by atoms with Gasteiger partial charge in [0.05, 0.1) is 0 Å². The molecule has 0 amide bonds. The van der Waals surface area contributed by atoms with E-state index in [0.717, 1.165) is 43.4 Å². The van der Waals surface area contributed by atoms with Crippen LogP contribution in [0.25, 0.3) is 0 Å². The lowest BCUT2D eigenvalue weighted by molar-refractivity contribution is -0.107. The fourth-order valence-corrected chi connectivity index (χ4v) is 11.1. The van der Waals surface area contributed by atoms with Crippen LogP contribution < -0.4 is 0 Å². The normalized spacial score (nSPS) is 36.7. The molecule has 0 aromatic heterocycles. The molecule has 0 aromatic rings. The average Bonchev–Trinajstić information content (AvgIpc) is 3.26. The Kier molecular flexibility index (Phi) is 13.4. The Bertz CT molecular complexity index is 814. The molecule has 0 saturated heterocycles. The van der Waals surface area contributed by atoms with Gasteiger partial charge in [0.2, 0.25) is 0 Å². The van der Waals surface area contributed by atoms with Gasteiger partial charge in [-0.25, -0.2) is 4.39 Å². The monoisotopic (exact) mass is 585 g/mol. The molecule has 0 heterocycles. The Labute approximate surface area is 263 Å². The molecule has 8 atom stereocenters. The second-order valence-corrected chi connectivity index (χ2v) is 16.8. The highest BCUT2D eigenvalue weighted by molar-refractivity contribution is 5.26. The standard InChI is InChI=1S/C41H73F/c1-6-7-8-9-10-11-12-13-14-15-16-17-18-19-20-21-22-23-34(3)41(42)31-28-38-36-25-24-35-32-33(2)26-29-39(35,4)37(36)27-30-40(38,41)5/h24,33-34,36-38H,6-23,25-32H2,1-5H3/t33?,34-,36?,37+,38+,39?,40?,41+/m1/s1. The van der Waals surface area contributed by atoms with Crippen LogP contribution in [-0.2, 0) is 0 Å². The molecular formula is C41H73F. The van der Waals surface area contributed by atoms with Crippen LogP contribution in [0.4, 0.5) is 4.39 Å². The molecule has 4 aliphatic rings.